The predicted molar refractivity (Wildman–Crippen MR) is 91.3 cm³/mol. The molecule has 1 aromatic carbocycles. The van der Waals surface area contributed by atoms with Crippen LogP contribution in [0, 0.1) is 0 Å². The Morgan fingerprint density at radius 2 is 2.08 bits per heavy atom. The van der Waals surface area contributed by atoms with Crippen molar-refractivity contribution in [2.75, 3.05) is 33.9 Å². The van der Waals surface area contributed by atoms with Gasteiger partial charge in [0.05, 0.1) is 5.56 Å². The fourth-order valence-electron chi connectivity index (χ4n) is 3.07. The van der Waals surface area contributed by atoms with Gasteiger partial charge in [0.25, 0.3) is 5.91 Å². The average Bonchev–Trinajstić information content (AvgIpc) is 3.10. The number of carbonyl (C=O) groups is 2. The number of carbonyl (C=O) groups excluding carboxylic acids is 2. The number of methoxy groups -OCH3 is 1. The predicted octanol–water partition coefficient (Wildman–Crippen LogP) is 2.39. The van der Waals surface area contributed by atoms with Crippen molar-refractivity contribution in [3.8, 4) is 5.75 Å². The van der Waals surface area contributed by atoms with Crippen LogP contribution in [0.25, 0.3) is 0 Å². The summed E-state index contributed by atoms with van der Waals surface area (Å²) in [7, 11) is 3.28. The van der Waals surface area contributed by atoms with Crippen LogP contribution in [0.2, 0.25) is 0 Å². The maximum atomic E-state index is 12.9. The van der Waals surface area contributed by atoms with Crippen LogP contribution in [-0.2, 0) is 9.53 Å². The van der Waals surface area contributed by atoms with Crippen LogP contribution in [0.3, 0.4) is 0 Å². The molecule has 1 aliphatic heterocycles. The minimum Gasteiger partial charge on any atom is -0.434 e. The number of para-hydroxylation sites is 1. The molecule has 0 bridgehead atoms. The standard InChI is InChI=1S/C18H24F2N2O4/c1-21(10-6-12-25-2)17(24)14-8-5-11-22(14)16(23)13-7-3-4-9-15(13)26-18(19)20/h3-4,7,9,14,18H,5-6,8,10-12H2,1-2H3. The second-order valence-electron chi connectivity index (χ2n) is 6.14. The molecular formula is C18H24F2N2O4. The second kappa shape index (κ2) is 9.47. The highest BCUT2D eigenvalue weighted by Gasteiger charge is 2.36. The van der Waals surface area contributed by atoms with E-state index in [0.717, 1.165) is 0 Å². The van der Waals surface area contributed by atoms with Crippen LogP contribution in [0.4, 0.5) is 8.78 Å². The maximum Gasteiger partial charge on any atom is 0.387 e. The van der Waals surface area contributed by atoms with Gasteiger partial charge in [0.15, 0.2) is 0 Å². The fourth-order valence-corrected chi connectivity index (χ4v) is 3.07. The molecule has 0 N–H and O–H groups in total. The monoisotopic (exact) mass is 370 g/mol. The first-order chi connectivity index (χ1) is 12.5. The van der Waals surface area contributed by atoms with Crippen LogP contribution in [0.15, 0.2) is 24.3 Å². The van der Waals surface area contributed by atoms with Crippen molar-refractivity contribution in [1.82, 2.24) is 9.80 Å². The van der Waals surface area contributed by atoms with E-state index in [1.165, 1.54) is 23.1 Å². The molecule has 144 valence electrons. The minimum absolute atomic E-state index is 0.0366. The molecule has 1 saturated heterocycles. The van der Waals surface area contributed by atoms with Gasteiger partial charge in [-0.2, -0.15) is 8.78 Å². The van der Waals surface area contributed by atoms with Crippen LogP contribution >= 0.6 is 0 Å². The normalized spacial score (nSPS) is 16.8. The number of likely N-dealkylation sites (tertiary alicyclic amines) is 1. The molecule has 2 amide bonds. The van der Waals surface area contributed by atoms with E-state index >= 15 is 0 Å². The molecule has 6 nitrogen and oxygen atoms in total. The van der Waals surface area contributed by atoms with Gasteiger partial charge < -0.3 is 19.3 Å². The average molecular weight is 370 g/mol. The molecule has 1 aliphatic rings. The number of hydrogen-bond acceptors (Lipinski definition) is 4. The lowest BCUT2D eigenvalue weighted by atomic mass is 10.1. The van der Waals surface area contributed by atoms with Gasteiger partial charge in [0, 0.05) is 33.9 Å². The van der Waals surface area contributed by atoms with Gasteiger partial charge in [-0.3, -0.25) is 9.59 Å². The Morgan fingerprint density at radius 1 is 1.35 bits per heavy atom. The van der Waals surface area contributed by atoms with Crippen molar-refractivity contribution in [2.24, 2.45) is 0 Å². The van der Waals surface area contributed by atoms with Gasteiger partial charge in [-0.15, -0.1) is 0 Å². The highest BCUT2D eigenvalue weighted by atomic mass is 19.3. The van der Waals surface area contributed by atoms with Crippen molar-refractivity contribution in [2.45, 2.75) is 31.9 Å². The van der Waals surface area contributed by atoms with Crippen molar-refractivity contribution in [3.63, 3.8) is 0 Å². The van der Waals surface area contributed by atoms with Gasteiger partial charge in [0.2, 0.25) is 5.91 Å². The Labute approximate surface area is 151 Å². The van der Waals surface area contributed by atoms with Gasteiger partial charge in [-0.1, -0.05) is 12.1 Å². The summed E-state index contributed by atoms with van der Waals surface area (Å²) in [5, 5.41) is 0. The Hall–Kier alpha value is -2.22. The van der Waals surface area contributed by atoms with E-state index < -0.39 is 18.6 Å². The van der Waals surface area contributed by atoms with Gasteiger partial charge in [-0.05, 0) is 31.4 Å². The number of likely N-dealkylation sites (N-methyl/N-ethyl adjacent to an activating group) is 1. The summed E-state index contributed by atoms with van der Waals surface area (Å²) in [6.45, 7) is -1.55. The molecule has 0 aromatic heterocycles. The number of alkyl halides is 2. The number of hydrogen-bond donors (Lipinski definition) is 0. The van der Waals surface area contributed by atoms with Gasteiger partial charge >= 0.3 is 6.61 Å². The summed E-state index contributed by atoms with van der Waals surface area (Å²) in [5.74, 6) is -0.805. The Bertz CT molecular complexity index is 627. The first-order valence-electron chi connectivity index (χ1n) is 8.54. The van der Waals surface area contributed by atoms with E-state index in [4.69, 9.17) is 4.74 Å². The molecular weight excluding hydrogens is 346 g/mol. The van der Waals surface area contributed by atoms with Crippen LogP contribution < -0.4 is 4.74 Å². The molecule has 0 spiro atoms. The Morgan fingerprint density at radius 3 is 2.77 bits per heavy atom. The van der Waals surface area contributed by atoms with Gasteiger partial charge in [-0.25, -0.2) is 0 Å². The van der Waals surface area contributed by atoms with E-state index in [2.05, 4.69) is 4.74 Å². The third-order valence-corrected chi connectivity index (χ3v) is 4.35. The highest BCUT2D eigenvalue weighted by Crippen LogP contribution is 2.27. The first-order valence-corrected chi connectivity index (χ1v) is 8.54. The molecule has 1 aromatic rings. The van der Waals surface area contributed by atoms with Crippen molar-refractivity contribution < 1.29 is 27.8 Å². The molecule has 0 radical (unpaired) electrons. The zero-order valence-electron chi connectivity index (χ0n) is 15.0. The molecule has 1 atom stereocenters. The molecule has 1 unspecified atom stereocenters. The van der Waals surface area contributed by atoms with Crippen molar-refractivity contribution in [1.29, 1.82) is 0 Å². The Balaban J connectivity index is 2.12. The van der Waals surface area contributed by atoms with E-state index in [9.17, 15) is 18.4 Å². The van der Waals surface area contributed by atoms with E-state index in [1.807, 2.05) is 0 Å². The summed E-state index contributed by atoms with van der Waals surface area (Å²) >= 11 is 0. The lowest BCUT2D eigenvalue weighted by Gasteiger charge is -2.28. The van der Waals surface area contributed by atoms with E-state index in [1.54, 1.807) is 25.1 Å². The number of amides is 2. The largest absolute Gasteiger partial charge is 0.434 e. The van der Waals surface area contributed by atoms with E-state index in [0.29, 0.717) is 39.0 Å². The molecule has 26 heavy (non-hydrogen) atoms. The summed E-state index contributed by atoms with van der Waals surface area (Å²) < 4.78 is 34.6. The number of nitrogens with zero attached hydrogens (tertiary/aromatic N) is 2. The quantitative estimate of drug-likeness (QED) is 0.660. The number of ether oxygens (including phenoxy) is 2. The number of benzene rings is 1. The molecule has 1 fully saturated rings. The minimum atomic E-state index is -3.02. The van der Waals surface area contributed by atoms with Crippen LogP contribution in [0.1, 0.15) is 29.6 Å². The van der Waals surface area contributed by atoms with Crippen LogP contribution in [-0.4, -0.2) is 68.1 Å². The molecule has 2 rings (SSSR count). The summed E-state index contributed by atoms with van der Waals surface area (Å²) in [6.07, 6.45) is 1.94. The maximum absolute atomic E-state index is 12.9. The molecule has 8 heteroatoms. The van der Waals surface area contributed by atoms with E-state index in [-0.39, 0.29) is 17.2 Å². The number of rotatable bonds is 8. The first kappa shape index (κ1) is 20.1. The lowest BCUT2D eigenvalue weighted by molar-refractivity contribution is -0.134. The fraction of sp³-hybridized carbons (Fsp3) is 0.556. The zero-order valence-corrected chi connectivity index (χ0v) is 15.0. The van der Waals surface area contributed by atoms with Gasteiger partial charge in [0.1, 0.15) is 11.8 Å². The smallest absolute Gasteiger partial charge is 0.387 e. The summed E-state index contributed by atoms with van der Waals surface area (Å²) in [4.78, 5) is 28.6. The number of halogens is 2. The second-order valence-corrected chi connectivity index (χ2v) is 6.14. The highest BCUT2D eigenvalue weighted by molar-refractivity contribution is 6.00. The third kappa shape index (κ3) is 4.91. The Kier molecular flexibility index (Phi) is 7.32. The lowest BCUT2D eigenvalue weighted by Crippen LogP contribution is -2.47. The van der Waals surface area contributed by atoms with Crippen LogP contribution in [0.5, 0.6) is 5.75 Å². The zero-order chi connectivity index (χ0) is 19.1. The van der Waals surface area contributed by atoms with Crippen molar-refractivity contribution >= 4 is 11.8 Å². The third-order valence-electron chi connectivity index (χ3n) is 4.35. The SMILES string of the molecule is COCCCN(C)C(=O)C1CCCN1C(=O)c1ccccc1OC(F)F. The molecule has 0 aliphatic carbocycles. The van der Waals surface area contributed by atoms with Crippen molar-refractivity contribution in [3.05, 3.63) is 29.8 Å². The molecule has 1 heterocycles. The topological polar surface area (TPSA) is 59.1 Å². The molecule has 0 saturated carbocycles. The summed E-state index contributed by atoms with van der Waals surface area (Å²) in [5.41, 5.74) is 0.0366. The summed E-state index contributed by atoms with van der Waals surface area (Å²) in [6, 6.07) is 5.26.